The van der Waals surface area contributed by atoms with Crippen molar-refractivity contribution in [2.24, 2.45) is 7.05 Å². The molecule has 18 heavy (non-hydrogen) atoms. The van der Waals surface area contributed by atoms with E-state index in [1.807, 2.05) is 17.8 Å². The van der Waals surface area contributed by atoms with Gasteiger partial charge in [0.15, 0.2) is 0 Å². The smallest absolute Gasteiger partial charge is 0.0791 e. The first-order valence-corrected chi connectivity index (χ1v) is 6.41. The minimum Gasteiger partial charge on any atom is -0.390 e. The van der Waals surface area contributed by atoms with Gasteiger partial charge in [-0.1, -0.05) is 0 Å². The van der Waals surface area contributed by atoms with Crippen molar-refractivity contribution < 1.29 is 9.84 Å². The molecular weight excluding hydrogens is 232 g/mol. The number of hydrogen-bond acceptors (Lipinski definition) is 5. The van der Waals surface area contributed by atoms with Gasteiger partial charge in [0.1, 0.15) is 0 Å². The second-order valence-electron chi connectivity index (χ2n) is 4.64. The van der Waals surface area contributed by atoms with Crippen LogP contribution in [0.5, 0.6) is 0 Å². The van der Waals surface area contributed by atoms with Gasteiger partial charge in [-0.05, 0) is 6.07 Å². The van der Waals surface area contributed by atoms with E-state index in [-0.39, 0.29) is 6.10 Å². The van der Waals surface area contributed by atoms with Crippen LogP contribution < -0.4 is 5.32 Å². The monoisotopic (exact) mass is 254 g/mol. The molecule has 0 saturated carbocycles. The number of rotatable bonds is 6. The Balaban J connectivity index is 1.62. The summed E-state index contributed by atoms with van der Waals surface area (Å²) in [5.41, 5.74) is 1.12. The molecule has 0 aromatic carbocycles. The highest BCUT2D eigenvalue weighted by atomic mass is 16.5. The Bertz CT molecular complexity index is 350. The first kappa shape index (κ1) is 13.5. The predicted molar refractivity (Wildman–Crippen MR) is 68.2 cm³/mol. The third-order valence-electron chi connectivity index (χ3n) is 3.18. The maximum atomic E-state index is 9.93. The maximum Gasteiger partial charge on any atom is 0.0791 e. The number of ether oxygens (including phenoxy) is 1. The zero-order chi connectivity index (χ0) is 12.8. The summed E-state index contributed by atoms with van der Waals surface area (Å²) in [5.74, 6) is 0. The Hall–Kier alpha value is -0.950. The van der Waals surface area contributed by atoms with E-state index in [1.165, 1.54) is 0 Å². The van der Waals surface area contributed by atoms with Gasteiger partial charge >= 0.3 is 0 Å². The van der Waals surface area contributed by atoms with E-state index >= 15 is 0 Å². The number of nitrogens with one attached hydrogen (secondary N) is 1. The van der Waals surface area contributed by atoms with Gasteiger partial charge in [-0.25, -0.2) is 0 Å². The highest BCUT2D eigenvalue weighted by Gasteiger charge is 2.14. The van der Waals surface area contributed by atoms with Crippen LogP contribution in [0.25, 0.3) is 0 Å². The van der Waals surface area contributed by atoms with E-state index < -0.39 is 0 Å². The van der Waals surface area contributed by atoms with Crippen LogP contribution in [-0.4, -0.2) is 65.3 Å². The lowest BCUT2D eigenvalue weighted by atomic mass is 10.3. The molecule has 102 valence electrons. The highest BCUT2D eigenvalue weighted by molar-refractivity contribution is 4.99. The standard InChI is InChI=1S/C12H22N4O2/c1-15-11(2-3-14-15)8-13-9-12(17)10-16-4-6-18-7-5-16/h2-3,12-13,17H,4-10H2,1H3. The third-order valence-corrected chi connectivity index (χ3v) is 3.18. The fraction of sp³-hybridized carbons (Fsp3) is 0.750. The molecule has 1 fully saturated rings. The third kappa shape index (κ3) is 4.06. The first-order valence-electron chi connectivity index (χ1n) is 6.41. The molecule has 0 aliphatic carbocycles. The van der Waals surface area contributed by atoms with Gasteiger partial charge < -0.3 is 15.2 Å². The minimum atomic E-state index is -0.337. The summed E-state index contributed by atoms with van der Waals surface area (Å²) >= 11 is 0. The van der Waals surface area contributed by atoms with Crippen molar-refractivity contribution in [2.75, 3.05) is 39.4 Å². The molecule has 6 heteroatoms. The average molecular weight is 254 g/mol. The van der Waals surface area contributed by atoms with Gasteiger partial charge in [0.05, 0.1) is 25.0 Å². The largest absolute Gasteiger partial charge is 0.390 e. The summed E-state index contributed by atoms with van der Waals surface area (Å²) in [5, 5.41) is 17.3. The number of aromatic nitrogens is 2. The zero-order valence-corrected chi connectivity index (χ0v) is 10.9. The Morgan fingerprint density at radius 3 is 2.94 bits per heavy atom. The van der Waals surface area contributed by atoms with Crippen LogP contribution in [0.4, 0.5) is 0 Å². The average Bonchev–Trinajstić information content (AvgIpc) is 2.76. The quantitative estimate of drug-likeness (QED) is 0.696. The lowest BCUT2D eigenvalue weighted by Crippen LogP contribution is -2.43. The molecule has 1 aliphatic heterocycles. The summed E-state index contributed by atoms with van der Waals surface area (Å²) in [6.07, 6.45) is 1.44. The van der Waals surface area contributed by atoms with Crippen molar-refractivity contribution in [3.05, 3.63) is 18.0 Å². The van der Waals surface area contributed by atoms with Gasteiger partial charge in [-0.15, -0.1) is 0 Å². The number of hydrogen-bond donors (Lipinski definition) is 2. The molecular formula is C12H22N4O2. The second-order valence-corrected chi connectivity index (χ2v) is 4.64. The van der Waals surface area contributed by atoms with Crippen molar-refractivity contribution >= 4 is 0 Å². The van der Waals surface area contributed by atoms with E-state index in [0.717, 1.165) is 38.5 Å². The summed E-state index contributed by atoms with van der Waals surface area (Å²) in [6.45, 7) is 5.42. The molecule has 2 heterocycles. The molecule has 0 amide bonds. The van der Waals surface area contributed by atoms with Gasteiger partial charge in [0.25, 0.3) is 0 Å². The van der Waals surface area contributed by atoms with E-state index in [1.54, 1.807) is 6.20 Å². The zero-order valence-electron chi connectivity index (χ0n) is 10.9. The first-order chi connectivity index (χ1) is 8.75. The van der Waals surface area contributed by atoms with E-state index in [9.17, 15) is 5.11 Å². The summed E-state index contributed by atoms with van der Waals surface area (Å²) in [6, 6.07) is 1.97. The topological polar surface area (TPSA) is 62.5 Å². The van der Waals surface area contributed by atoms with Crippen molar-refractivity contribution in [3.63, 3.8) is 0 Å². The molecule has 1 atom stereocenters. The highest BCUT2D eigenvalue weighted by Crippen LogP contribution is 1.99. The number of morpholine rings is 1. The lowest BCUT2D eigenvalue weighted by Gasteiger charge is -2.28. The fourth-order valence-electron chi connectivity index (χ4n) is 2.09. The SMILES string of the molecule is Cn1nccc1CNCC(O)CN1CCOCC1. The molecule has 0 bridgehead atoms. The second kappa shape index (κ2) is 6.84. The molecule has 2 rings (SSSR count). The number of aryl methyl sites for hydroxylation is 1. The Kier molecular flexibility index (Phi) is 5.12. The number of β-amino-alcohol motifs (C(OH)–C–C–N with tert-alkyl or cyclic N) is 1. The van der Waals surface area contributed by atoms with Gasteiger partial charge in [0.2, 0.25) is 0 Å². The Labute approximate surface area is 108 Å². The molecule has 2 N–H and O–H groups in total. The van der Waals surface area contributed by atoms with Crippen LogP contribution in [-0.2, 0) is 18.3 Å². The molecule has 1 saturated heterocycles. The Morgan fingerprint density at radius 2 is 2.28 bits per heavy atom. The molecule has 0 radical (unpaired) electrons. The predicted octanol–water partition coefficient (Wildman–Crippen LogP) is -0.797. The fourth-order valence-corrected chi connectivity index (χ4v) is 2.09. The number of aliphatic hydroxyl groups is 1. The van der Waals surface area contributed by atoms with Gasteiger partial charge in [-0.2, -0.15) is 5.10 Å². The van der Waals surface area contributed by atoms with Crippen LogP contribution in [0.1, 0.15) is 5.69 Å². The van der Waals surface area contributed by atoms with Gasteiger partial charge in [-0.3, -0.25) is 9.58 Å². The van der Waals surface area contributed by atoms with Crippen LogP contribution >= 0.6 is 0 Å². The summed E-state index contributed by atoms with van der Waals surface area (Å²) in [4.78, 5) is 2.24. The van der Waals surface area contributed by atoms with Crippen LogP contribution in [0.15, 0.2) is 12.3 Å². The van der Waals surface area contributed by atoms with Crippen LogP contribution in [0.3, 0.4) is 0 Å². The van der Waals surface area contributed by atoms with E-state index in [0.29, 0.717) is 13.1 Å². The molecule has 1 aliphatic rings. The van der Waals surface area contributed by atoms with Gasteiger partial charge in [0, 0.05) is 46.0 Å². The van der Waals surface area contributed by atoms with Crippen molar-refractivity contribution in [1.29, 1.82) is 0 Å². The summed E-state index contributed by atoms with van der Waals surface area (Å²) < 4.78 is 7.11. The summed E-state index contributed by atoms with van der Waals surface area (Å²) in [7, 11) is 1.92. The van der Waals surface area contributed by atoms with E-state index in [2.05, 4.69) is 15.3 Å². The molecule has 1 unspecified atom stereocenters. The maximum absolute atomic E-state index is 9.93. The van der Waals surface area contributed by atoms with Crippen molar-refractivity contribution in [3.8, 4) is 0 Å². The molecule has 1 aromatic heterocycles. The van der Waals surface area contributed by atoms with Crippen LogP contribution in [0, 0.1) is 0 Å². The Morgan fingerprint density at radius 1 is 1.50 bits per heavy atom. The van der Waals surface area contributed by atoms with Crippen molar-refractivity contribution in [2.45, 2.75) is 12.6 Å². The van der Waals surface area contributed by atoms with E-state index in [4.69, 9.17) is 4.74 Å². The van der Waals surface area contributed by atoms with Crippen LogP contribution in [0.2, 0.25) is 0 Å². The normalized spacial score (nSPS) is 19.0. The number of aliphatic hydroxyl groups excluding tert-OH is 1. The molecule has 6 nitrogen and oxygen atoms in total. The molecule has 1 aromatic rings. The van der Waals surface area contributed by atoms with Crippen molar-refractivity contribution in [1.82, 2.24) is 20.0 Å². The minimum absolute atomic E-state index is 0.337. The number of nitrogens with zero attached hydrogens (tertiary/aromatic N) is 3. The molecule has 0 spiro atoms. The lowest BCUT2D eigenvalue weighted by molar-refractivity contribution is 0.0149.